The summed E-state index contributed by atoms with van der Waals surface area (Å²) in [5, 5.41) is 21.9. The first-order valence-corrected chi connectivity index (χ1v) is 26.6. The summed E-state index contributed by atoms with van der Waals surface area (Å²) in [6.07, 6.45) is 14.9. The Labute approximate surface area is 383 Å². The molecule has 4 unspecified atom stereocenters. The molecule has 342 valence electrons. The van der Waals surface area contributed by atoms with Crippen LogP contribution in [0.25, 0.3) is 0 Å². The maximum atomic E-state index is 14.1. The summed E-state index contributed by atoms with van der Waals surface area (Å²) in [5.74, 6) is 1.25. The number of benzene rings is 2. The molecule has 2 N–H and O–H groups in total. The second-order valence-electron chi connectivity index (χ2n) is 19.0. The zero-order valence-corrected chi connectivity index (χ0v) is 41.0. The molecule has 4 fully saturated rings. The second kappa shape index (κ2) is 22.3. The quantitative estimate of drug-likeness (QED) is 0.0640. The molecular formula is C50H71O8PS3. The van der Waals surface area contributed by atoms with Gasteiger partial charge in [-0.05, 0) is 144 Å². The normalized spacial score (nSPS) is 29.7. The maximum Gasteiger partial charge on any atom is 0.155 e. The third kappa shape index (κ3) is 12.4. The van der Waals surface area contributed by atoms with E-state index in [1.807, 2.05) is 66.7 Å². The van der Waals surface area contributed by atoms with Gasteiger partial charge in [-0.2, -0.15) is 0 Å². The van der Waals surface area contributed by atoms with Crippen molar-refractivity contribution in [3.8, 4) is 0 Å². The van der Waals surface area contributed by atoms with E-state index in [2.05, 4.69) is 65.0 Å². The predicted molar refractivity (Wildman–Crippen MR) is 262 cm³/mol. The van der Waals surface area contributed by atoms with Crippen molar-refractivity contribution in [2.24, 2.45) is 17.3 Å². The summed E-state index contributed by atoms with van der Waals surface area (Å²) in [7, 11) is -5.88. The molecule has 2 aromatic rings. The van der Waals surface area contributed by atoms with E-state index in [1.165, 1.54) is 24.8 Å². The number of aliphatic hydroxyl groups excluding tert-OH is 2. The van der Waals surface area contributed by atoms with Gasteiger partial charge in [0.05, 0.1) is 41.0 Å². The molecule has 4 saturated carbocycles. The largest absolute Gasteiger partial charge is 0.393 e. The molecule has 62 heavy (non-hydrogen) atoms. The zero-order chi connectivity index (χ0) is 45.3. The number of unbranched alkanes of at least 4 members (excludes halogenated alkanes) is 1. The predicted octanol–water partition coefficient (Wildman–Crippen LogP) is 10.3. The first-order chi connectivity index (χ1) is 29.3. The van der Waals surface area contributed by atoms with Crippen LogP contribution in [0.15, 0.2) is 120 Å². The molecule has 6 rings (SSSR count). The number of sulfone groups is 1. The van der Waals surface area contributed by atoms with Crippen LogP contribution < -0.4 is 10.6 Å². The number of fused-ring (bicyclic) bond motifs is 1. The van der Waals surface area contributed by atoms with Gasteiger partial charge in [-0.15, -0.1) is 0 Å². The average molecular weight is 927 g/mol. The minimum Gasteiger partial charge on any atom is -0.393 e. The standard InChI is InChI=1S/C29H48O5S.C21H23O3PS2/c1-20-23(18-24(30)19-27(20)31)12-11-22-10-9-15-29(6)25(13-14-26(22)29)21(2)34-16-7-8-17-35(32,33)28(3,4)5;1-16-17(14-18(23-26)15-21(16)24-27)12-13-25(22,19-8-4-2-5-9-19)20-10-6-3-7-11-20/h11-12,21,24-27,30-31H,1,7-10,13-19H2,2-6H3;2-12,18,21,26-27H,1,13-15H2/b22-11+,23-12-;17-12-/t21-,24?,25-,26+,27?,29-;/m1./s1. The minimum atomic E-state index is -3.07. The number of hydrogen-bond acceptors (Lipinski definition) is 10. The highest BCUT2D eigenvalue weighted by Crippen LogP contribution is 2.58. The lowest BCUT2D eigenvalue weighted by atomic mass is 9.62. The highest BCUT2D eigenvalue weighted by Gasteiger charge is 2.51. The molecule has 0 radical (unpaired) electrons. The lowest BCUT2D eigenvalue weighted by molar-refractivity contribution is -0.0257. The highest BCUT2D eigenvalue weighted by atomic mass is 32.2. The Morgan fingerprint density at radius 3 is 2.15 bits per heavy atom. The van der Waals surface area contributed by atoms with E-state index in [4.69, 9.17) is 13.1 Å². The summed E-state index contributed by atoms with van der Waals surface area (Å²) >= 11 is 7.92. The van der Waals surface area contributed by atoms with Crippen molar-refractivity contribution < 1.29 is 36.3 Å². The molecule has 0 saturated heterocycles. The van der Waals surface area contributed by atoms with Gasteiger partial charge < -0.3 is 27.9 Å². The lowest BCUT2D eigenvalue weighted by Gasteiger charge is -2.44. The lowest BCUT2D eigenvalue weighted by Crippen LogP contribution is -2.38. The van der Waals surface area contributed by atoms with Crippen molar-refractivity contribution in [2.45, 2.75) is 141 Å². The van der Waals surface area contributed by atoms with Crippen LogP contribution in [0.2, 0.25) is 0 Å². The van der Waals surface area contributed by atoms with E-state index in [0.717, 1.165) is 52.2 Å². The van der Waals surface area contributed by atoms with Crippen molar-refractivity contribution in [1.82, 2.24) is 0 Å². The van der Waals surface area contributed by atoms with E-state index in [-0.39, 0.29) is 29.5 Å². The molecule has 0 heterocycles. The van der Waals surface area contributed by atoms with Gasteiger partial charge in [-0.25, -0.2) is 8.42 Å². The monoisotopic (exact) mass is 926 g/mol. The van der Waals surface area contributed by atoms with E-state index in [1.54, 1.807) is 20.8 Å². The molecule has 2 aromatic carbocycles. The van der Waals surface area contributed by atoms with Crippen LogP contribution in [0, 0.1) is 17.3 Å². The molecule has 0 spiro atoms. The Bertz CT molecular complexity index is 2030. The Morgan fingerprint density at radius 1 is 0.903 bits per heavy atom. The average Bonchev–Trinajstić information content (AvgIpc) is 3.61. The van der Waals surface area contributed by atoms with Gasteiger partial charge in [-0.3, -0.25) is 0 Å². The van der Waals surface area contributed by atoms with Crippen molar-refractivity contribution in [3.63, 3.8) is 0 Å². The second-order valence-corrected chi connectivity index (χ2v) is 25.1. The van der Waals surface area contributed by atoms with Crippen LogP contribution in [0.1, 0.15) is 105 Å². The molecule has 0 aromatic heterocycles. The number of rotatable bonds is 14. The summed E-state index contributed by atoms with van der Waals surface area (Å²) < 4.78 is 54.8. The summed E-state index contributed by atoms with van der Waals surface area (Å²) in [6, 6.07) is 19.3. The van der Waals surface area contributed by atoms with Gasteiger partial charge in [-0.1, -0.05) is 105 Å². The molecule has 12 heteroatoms. The van der Waals surface area contributed by atoms with E-state index in [0.29, 0.717) is 56.7 Å². The number of ether oxygens (including phenoxy) is 1. The molecular weight excluding hydrogens is 856 g/mol. The van der Waals surface area contributed by atoms with Crippen LogP contribution in [-0.4, -0.2) is 72.4 Å². The summed E-state index contributed by atoms with van der Waals surface area (Å²) in [4.78, 5) is 0. The molecule has 8 nitrogen and oxygen atoms in total. The molecule has 0 aliphatic heterocycles. The fourth-order valence-electron chi connectivity index (χ4n) is 9.99. The molecule has 8 atom stereocenters. The third-order valence-corrected chi connectivity index (χ3v) is 20.1. The van der Waals surface area contributed by atoms with Crippen molar-refractivity contribution >= 4 is 53.4 Å². The van der Waals surface area contributed by atoms with Crippen LogP contribution in [0.3, 0.4) is 0 Å². The van der Waals surface area contributed by atoms with Gasteiger partial charge in [0.15, 0.2) is 9.84 Å². The Morgan fingerprint density at radius 2 is 1.55 bits per heavy atom. The number of hydrogen-bond donors (Lipinski definition) is 4. The smallest absolute Gasteiger partial charge is 0.155 e. The minimum absolute atomic E-state index is 0.0879. The molecule has 0 amide bonds. The zero-order valence-electron chi connectivity index (χ0n) is 37.5. The van der Waals surface area contributed by atoms with Crippen LogP contribution in [0.5, 0.6) is 0 Å². The fourth-order valence-corrected chi connectivity index (χ4v) is 14.1. The van der Waals surface area contributed by atoms with Gasteiger partial charge in [0.1, 0.15) is 7.14 Å². The third-order valence-electron chi connectivity index (χ3n) is 13.9. The summed E-state index contributed by atoms with van der Waals surface area (Å²) in [5.41, 5.74) is 5.25. The van der Waals surface area contributed by atoms with E-state index in [9.17, 15) is 23.2 Å². The van der Waals surface area contributed by atoms with Crippen molar-refractivity contribution in [3.05, 3.63) is 120 Å². The van der Waals surface area contributed by atoms with Crippen LogP contribution in [-0.2, 0) is 27.5 Å². The van der Waals surface area contributed by atoms with Gasteiger partial charge in [0, 0.05) is 42.6 Å². The number of allylic oxidation sites excluding steroid dienone is 4. The highest BCUT2D eigenvalue weighted by molar-refractivity contribution is 7.92. The van der Waals surface area contributed by atoms with Gasteiger partial charge in [0.25, 0.3) is 0 Å². The van der Waals surface area contributed by atoms with E-state index < -0.39 is 33.9 Å². The topological polar surface area (TPSA) is 119 Å². The molecule has 0 bridgehead atoms. The Balaban J connectivity index is 0.000000242. The maximum absolute atomic E-state index is 14.1. The van der Waals surface area contributed by atoms with Crippen molar-refractivity contribution in [2.75, 3.05) is 18.5 Å². The number of aliphatic hydroxyl groups is 2. The summed E-state index contributed by atoms with van der Waals surface area (Å²) in [6.45, 7) is 18.7. The molecule has 4 aliphatic carbocycles. The van der Waals surface area contributed by atoms with Gasteiger partial charge >= 0.3 is 0 Å². The van der Waals surface area contributed by atoms with Crippen molar-refractivity contribution in [1.29, 1.82) is 0 Å². The Kier molecular flexibility index (Phi) is 18.3. The SMILES string of the molecule is C=C1/C(=C\C=C2/CCC[C@]3(C)[C@@H]([C@@H](C)OCCCCS(=O)(=O)C(C)(C)C)CC[C@@H]23)CC(O)CC1O.C=C1/C(=C\CP(=O)(c2ccccc2)c2ccccc2)CC(OS)CC1OS. The first-order valence-electron chi connectivity index (χ1n) is 22.3. The Hall–Kier alpha value is -2.18. The fraction of sp³-hybridized carbons (Fsp3) is 0.560. The van der Waals surface area contributed by atoms with E-state index >= 15 is 0 Å². The van der Waals surface area contributed by atoms with Gasteiger partial charge in [0.2, 0.25) is 0 Å². The van der Waals surface area contributed by atoms with Crippen LogP contribution in [0.4, 0.5) is 0 Å². The van der Waals surface area contributed by atoms with Crippen LogP contribution >= 0.6 is 33.0 Å². The molecule has 4 aliphatic rings. The first kappa shape index (κ1) is 50.8. The number of thiol groups is 2.